The van der Waals surface area contributed by atoms with Gasteiger partial charge in [0.1, 0.15) is 0 Å². The summed E-state index contributed by atoms with van der Waals surface area (Å²) in [5.41, 5.74) is 1.62. The van der Waals surface area contributed by atoms with E-state index in [4.69, 9.17) is 0 Å². The summed E-state index contributed by atoms with van der Waals surface area (Å²) in [6.45, 7) is 2.45. The minimum atomic E-state index is -0.186. The van der Waals surface area contributed by atoms with Crippen molar-refractivity contribution in [3.05, 3.63) is 35.4 Å². The fourth-order valence-corrected chi connectivity index (χ4v) is 2.29. The summed E-state index contributed by atoms with van der Waals surface area (Å²) >= 11 is 1.20. The molecule has 0 radical (unpaired) electrons. The van der Waals surface area contributed by atoms with E-state index in [1.165, 1.54) is 16.7 Å². The van der Waals surface area contributed by atoms with E-state index in [-0.39, 0.29) is 11.1 Å². The standard InChI is InChI=1S/C11H11NO2S/c1-8-3-2-4-9(7-8)10(13)12-5-6-15-11(12)14/h2-4,7H,5-6H2,1H3. The lowest BCUT2D eigenvalue weighted by Crippen LogP contribution is -2.30. The number of aryl methyl sites for hydroxylation is 1. The second kappa shape index (κ2) is 4.06. The Morgan fingerprint density at radius 1 is 1.47 bits per heavy atom. The van der Waals surface area contributed by atoms with Crippen LogP contribution in [0.25, 0.3) is 0 Å². The Morgan fingerprint density at radius 2 is 2.27 bits per heavy atom. The highest BCUT2D eigenvalue weighted by Crippen LogP contribution is 2.20. The van der Waals surface area contributed by atoms with Crippen molar-refractivity contribution in [3.63, 3.8) is 0 Å². The van der Waals surface area contributed by atoms with Crippen LogP contribution in [-0.4, -0.2) is 28.3 Å². The van der Waals surface area contributed by atoms with Crippen LogP contribution in [-0.2, 0) is 0 Å². The highest BCUT2D eigenvalue weighted by molar-refractivity contribution is 8.13. The first kappa shape index (κ1) is 10.2. The summed E-state index contributed by atoms with van der Waals surface area (Å²) in [5, 5.41) is -0.137. The molecular formula is C11H11NO2S. The van der Waals surface area contributed by atoms with Gasteiger partial charge in [0.25, 0.3) is 11.1 Å². The van der Waals surface area contributed by atoms with Gasteiger partial charge in [-0.05, 0) is 19.1 Å². The quantitative estimate of drug-likeness (QED) is 0.730. The third kappa shape index (κ3) is 2.04. The van der Waals surface area contributed by atoms with Gasteiger partial charge in [-0.2, -0.15) is 0 Å². The van der Waals surface area contributed by atoms with Crippen LogP contribution in [0, 0.1) is 6.92 Å². The summed E-state index contributed by atoms with van der Waals surface area (Å²) in [7, 11) is 0. The van der Waals surface area contributed by atoms with E-state index in [0.29, 0.717) is 17.9 Å². The predicted octanol–water partition coefficient (Wildman–Crippen LogP) is 2.30. The summed E-state index contributed by atoms with van der Waals surface area (Å²) in [5.74, 6) is 0.518. The zero-order valence-corrected chi connectivity index (χ0v) is 9.21. The topological polar surface area (TPSA) is 37.4 Å². The van der Waals surface area contributed by atoms with E-state index < -0.39 is 0 Å². The van der Waals surface area contributed by atoms with Gasteiger partial charge < -0.3 is 0 Å². The van der Waals surface area contributed by atoms with E-state index in [1.807, 2.05) is 19.1 Å². The average Bonchev–Trinajstić information content (AvgIpc) is 2.63. The van der Waals surface area contributed by atoms with E-state index >= 15 is 0 Å². The largest absolute Gasteiger partial charge is 0.288 e. The third-order valence-electron chi connectivity index (χ3n) is 2.27. The summed E-state index contributed by atoms with van der Waals surface area (Å²) in [4.78, 5) is 24.5. The second-order valence-corrected chi connectivity index (χ2v) is 4.49. The lowest BCUT2D eigenvalue weighted by molar-refractivity contribution is 0.0833. The Morgan fingerprint density at radius 3 is 2.87 bits per heavy atom. The van der Waals surface area contributed by atoms with Gasteiger partial charge >= 0.3 is 0 Å². The van der Waals surface area contributed by atoms with Crippen LogP contribution < -0.4 is 0 Å². The molecule has 78 valence electrons. The summed E-state index contributed by atoms with van der Waals surface area (Å²) < 4.78 is 0. The Labute approximate surface area is 92.5 Å². The molecule has 2 amide bonds. The van der Waals surface area contributed by atoms with Crippen LogP contribution in [0.1, 0.15) is 15.9 Å². The molecule has 1 heterocycles. The first-order valence-electron chi connectivity index (χ1n) is 4.74. The Hall–Kier alpha value is -1.29. The molecule has 1 fully saturated rings. The number of carbonyl (C=O) groups is 2. The van der Waals surface area contributed by atoms with Crippen LogP contribution in [0.5, 0.6) is 0 Å². The Kier molecular flexibility index (Phi) is 2.77. The van der Waals surface area contributed by atoms with Crippen molar-refractivity contribution in [2.75, 3.05) is 12.3 Å². The van der Waals surface area contributed by atoms with Gasteiger partial charge in [0.15, 0.2) is 0 Å². The first-order chi connectivity index (χ1) is 7.18. The molecule has 0 bridgehead atoms. The van der Waals surface area contributed by atoms with E-state index in [2.05, 4.69) is 0 Å². The number of carbonyl (C=O) groups excluding carboxylic acids is 2. The molecule has 2 rings (SSSR count). The minimum Gasteiger partial charge on any atom is -0.269 e. The molecular weight excluding hydrogens is 210 g/mol. The fraction of sp³-hybridized carbons (Fsp3) is 0.273. The third-order valence-corrected chi connectivity index (χ3v) is 3.13. The molecule has 0 aliphatic carbocycles. The molecule has 1 aliphatic rings. The van der Waals surface area contributed by atoms with Crippen LogP contribution in [0.2, 0.25) is 0 Å². The van der Waals surface area contributed by atoms with Crippen molar-refractivity contribution in [2.45, 2.75) is 6.92 Å². The zero-order valence-electron chi connectivity index (χ0n) is 8.40. The van der Waals surface area contributed by atoms with Crippen molar-refractivity contribution < 1.29 is 9.59 Å². The molecule has 4 heteroatoms. The van der Waals surface area contributed by atoms with E-state index in [1.54, 1.807) is 12.1 Å². The monoisotopic (exact) mass is 221 g/mol. The molecule has 0 saturated carbocycles. The maximum atomic E-state index is 11.9. The molecule has 0 spiro atoms. The molecule has 0 aromatic heterocycles. The molecule has 0 atom stereocenters. The normalized spacial score (nSPS) is 15.8. The number of hydrogen-bond acceptors (Lipinski definition) is 3. The van der Waals surface area contributed by atoms with Crippen molar-refractivity contribution >= 4 is 22.9 Å². The minimum absolute atomic E-state index is 0.137. The number of nitrogens with zero attached hydrogens (tertiary/aromatic N) is 1. The number of benzene rings is 1. The van der Waals surface area contributed by atoms with E-state index in [0.717, 1.165) is 5.56 Å². The predicted molar refractivity (Wildman–Crippen MR) is 60.1 cm³/mol. The second-order valence-electron chi connectivity index (χ2n) is 3.44. The van der Waals surface area contributed by atoms with Gasteiger partial charge in [-0.15, -0.1) is 0 Å². The maximum absolute atomic E-state index is 11.9. The maximum Gasteiger partial charge on any atom is 0.288 e. The van der Waals surface area contributed by atoms with Crippen molar-refractivity contribution in [1.29, 1.82) is 0 Å². The number of thioether (sulfide) groups is 1. The highest BCUT2D eigenvalue weighted by atomic mass is 32.2. The van der Waals surface area contributed by atoms with E-state index in [9.17, 15) is 9.59 Å². The van der Waals surface area contributed by atoms with Gasteiger partial charge in [0, 0.05) is 17.9 Å². The Bertz CT molecular complexity index is 417. The van der Waals surface area contributed by atoms with Gasteiger partial charge in [-0.25, -0.2) is 0 Å². The number of rotatable bonds is 1. The molecule has 0 unspecified atom stereocenters. The molecule has 1 aromatic rings. The highest BCUT2D eigenvalue weighted by Gasteiger charge is 2.27. The van der Waals surface area contributed by atoms with Crippen LogP contribution in [0.3, 0.4) is 0 Å². The molecule has 1 saturated heterocycles. The number of amides is 2. The summed E-state index contributed by atoms with van der Waals surface area (Å²) in [6.07, 6.45) is 0. The molecule has 3 nitrogen and oxygen atoms in total. The SMILES string of the molecule is Cc1cccc(C(=O)N2CCSC2=O)c1. The number of imide groups is 1. The smallest absolute Gasteiger partial charge is 0.269 e. The van der Waals surface area contributed by atoms with Crippen LogP contribution in [0.15, 0.2) is 24.3 Å². The first-order valence-corrected chi connectivity index (χ1v) is 5.72. The molecule has 15 heavy (non-hydrogen) atoms. The average molecular weight is 221 g/mol. The lowest BCUT2D eigenvalue weighted by atomic mass is 10.1. The summed E-state index contributed by atoms with van der Waals surface area (Å²) in [6, 6.07) is 7.30. The van der Waals surface area contributed by atoms with Gasteiger partial charge in [0.05, 0.1) is 0 Å². The number of hydrogen-bond donors (Lipinski definition) is 0. The molecule has 0 N–H and O–H groups in total. The molecule has 1 aromatic carbocycles. The lowest BCUT2D eigenvalue weighted by Gasteiger charge is -2.12. The fourth-order valence-electron chi connectivity index (χ4n) is 1.51. The van der Waals surface area contributed by atoms with Crippen molar-refractivity contribution in [2.24, 2.45) is 0 Å². The van der Waals surface area contributed by atoms with Crippen molar-refractivity contribution in [1.82, 2.24) is 4.90 Å². The van der Waals surface area contributed by atoms with Gasteiger partial charge in [-0.3, -0.25) is 14.5 Å². The zero-order chi connectivity index (χ0) is 10.8. The van der Waals surface area contributed by atoms with Gasteiger partial charge in [-0.1, -0.05) is 29.5 Å². The van der Waals surface area contributed by atoms with Gasteiger partial charge in [0.2, 0.25) is 0 Å². The van der Waals surface area contributed by atoms with Crippen molar-refractivity contribution in [3.8, 4) is 0 Å². The van der Waals surface area contributed by atoms with Crippen LogP contribution in [0.4, 0.5) is 4.79 Å². The Balaban J connectivity index is 2.24. The molecule has 1 aliphatic heterocycles. The van der Waals surface area contributed by atoms with Crippen LogP contribution >= 0.6 is 11.8 Å².